The van der Waals surface area contributed by atoms with Crippen LogP contribution in [0.25, 0.3) is 0 Å². The molecule has 16 nitrogen and oxygen atoms in total. The predicted octanol–water partition coefficient (Wildman–Crippen LogP) is 2.48. The number of nitro benzene ring substituents is 1. The molecule has 2 fully saturated rings. The van der Waals surface area contributed by atoms with Gasteiger partial charge in [0.15, 0.2) is 12.4 Å². The smallest absolute Gasteiger partial charge is 0.406 e. The van der Waals surface area contributed by atoms with E-state index in [9.17, 15) is 33.8 Å². The molecular weight excluding hydrogens is 594 g/mol. The average molecular weight is 629 g/mol. The number of alkyl halides is 1. The normalized spacial score (nSPS) is 25.5. The average Bonchev–Trinajstić information content (AvgIpc) is 3.25. The van der Waals surface area contributed by atoms with Crippen molar-refractivity contribution in [2.24, 2.45) is 0 Å². The summed E-state index contributed by atoms with van der Waals surface area (Å²) in [5, 5.41) is 24.0. The van der Waals surface area contributed by atoms with Crippen molar-refractivity contribution in [2.75, 3.05) is 12.3 Å². The number of nitrogens with one attached hydrogen (secondary N) is 1. The highest BCUT2D eigenvalue weighted by Gasteiger charge is 2.47. The summed E-state index contributed by atoms with van der Waals surface area (Å²) in [6.07, 6.45) is -2.99. The Morgan fingerprint density at radius 2 is 1.98 bits per heavy atom. The molecule has 4 N–H and O–H groups in total. The zero-order valence-corrected chi connectivity index (χ0v) is 24.4. The third-order valence-corrected chi connectivity index (χ3v) is 8.92. The number of carbonyl (C=O) groups is 1. The van der Waals surface area contributed by atoms with E-state index in [4.69, 9.17) is 24.3 Å². The topological polar surface area (TPSA) is 220 Å². The highest BCUT2D eigenvalue weighted by Crippen LogP contribution is 2.49. The third kappa shape index (κ3) is 8.19. The Kier molecular flexibility index (Phi) is 10.6. The van der Waals surface area contributed by atoms with Crippen LogP contribution >= 0.6 is 7.75 Å². The van der Waals surface area contributed by atoms with Crippen LogP contribution in [0.15, 0.2) is 35.4 Å². The van der Waals surface area contributed by atoms with Crippen molar-refractivity contribution in [3.05, 3.63) is 56.8 Å². The second-order valence-corrected chi connectivity index (χ2v) is 12.1. The van der Waals surface area contributed by atoms with Gasteiger partial charge in [-0.3, -0.25) is 28.5 Å². The number of carbonyl (C=O) groups excluding carboxylic acids is 1. The van der Waals surface area contributed by atoms with Gasteiger partial charge in [0, 0.05) is 12.1 Å². The highest BCUT2D eigenvalue weighted by molar-refractivity contribution is 7.51. The number of nitrogen functional groups attached to an aromatic ring is 1. The number of nitro groups is 1. The van der Waals surface area contributed by atoms with E-state index in [1.807, 2.05) is 0 Å². The van der Waals surface area contributed by atoms with Crippen molar-refractivity contribution in [1.29, 1.82) is 0 Å². The molecule has 7 atom stereocenters. The largest absolute Gasteiger partial charge is 0.461 e. The minimum atomic E-state index is -4.45. The van der Waals surface area contributed by atoms with Crippen molar-refractivity contribution >= 4 is 25.4 Å². The number of rotatable bonds is 12. The maximum atomic E-state index is 15.0. The van der Waals surface area contributed by atoms with Gasteiger partial charge in [0.05, 0.1) is 17.6 Å². The first-order valence-electron chi connectivity index (χ1n) is 13.7. The number of esters is 1. The summed E-state index contributed by atoms with van der Waals surface area (Å²) in [6.45, 7) is 2.22. The summed E-state index contributed by atoms with van der Waals surface area (Å²) in [6, 6.07) is 4.13. The molecule has 1 aromatic carbocycles. The second kappa shape index (κ2) is 14.0. The van der Waals surface area contributed by atoms with Crippen LogP contribution in [-0.2, 0) is 27.9 Å². The first-order valence-corrected chi connectivity index (χ1v) is 15.2. The fourth-order valence-electron chi connectivity index (χ4n) is 4.74. The molecule has 2 aromatic rings. The van der Waals surface area contributed by atoms with E-state index in [2.05, 4.69) is 15.1 Å². The molecule has 1 saturated heterocycles. The number of anilines is 1. The van der Waals surface area contributed by atoms with Gasteiger partial charge >= 0.3 is 19.4 Å². The van der Waals surface area contributed by atoms with E-state index in [1.54, 1.807) is 0 Å². The number of nitrogens with zero attached hydrogens (tertiary/aromatic N) is 4. The molecule has 2 heterocycles. The van der Waals surface area contributed by atoms with Crippen molar-refractivity contribution in [2.45, 2.75) is 88.8 Å². The molecule has 0 spiro atoms. The standard InChI is InChI=1S/C25H34FN6O10P/c1-14(23(34)40-18-6-4-3-5-7-18)30-43(38,42-15(2)16-8-10-17(11-9-16)32(36)37)39-12-19-21(33)20(26)22(41-19)31-13-28-24(27)29-25(31)35/h8-11,13-15,18-22,33H,3-7,12H2,1-2H3,(H,30,38)(H2,27,29,35)/t14-,15?,19?,20?,21?,22?,43?/m0/s1. The van der Waals surface area contributed by atoms with Crippen LogP contribution in [0.5, 0.6) is 0 Å². The van der Waals surface area contributed by atoms with Gasteiger partial charge in [0.1, 0.15) is 30.7 Å². The van der Waals surface area contributed by atoms with Crippen LogP contribution in [0.1, 0.15) is 63.8 Å². The van der Waals surface area contributed by atoms with Crippen molar-refractivity contribution in [3.8, 4) is 0 Å². The van der Waals surface area contributed by atoms with E-state index in [0.29, 0.717) is 23.0 Å². The summed E-state index contributed by atoms with van der Waals surface area (Å²) in [7, 11) is -4.45. The van der Waals surface area contributed by atoms with Gasteiger partial charge in [-0.05, 0) is 57.2 Å². The number of aliphatic hydroxyl groups excluding tert-OH is 1. The van der Waals surface area contributed by atoms with Gasteiger partial charge in [0.25, 0.3) is 5.69 Å². The predicted molar refractivity (Wildman–Crippen MR) is 147 cm³/mol. The summed E-state index contributed by atoms with van der Waals surface area (Å²) >= 11 is 0. The molecule has 236 valence electrons. The number of aliphatic hydroxyl groups is 1. The van der Waals surface area contributed by atoms with Crippen LogP contribution in [0.4, 0.5) is 16.0 Å². The number of hydrogen-bond acceptors (Lipinski definition) is 13. The molecule has 1 saturated carbocycles. The fraction of sp³-hybridized carbons (Fsp3) is 0.600. The quantitative estimate of drug-likeness (QED) is 0.133. The van der Waals surface area contributed by atoms with Crippen LogP contribution < -0.4 is 16.5 Å². The van der Waals surface area contributed by atoms with Crippen molar-refractivity contribution < 1.29 is 42.3 Å². The van der Waals surface area contributed by atoms with E-state index >= 15 is 0 Å². The highest BCUT2D eigenvalue weighted by atomic mass is 31.2. The van der Waals surface area contributed by atoms with Crippen molar-refractivity contribution in [3.63, 3.8) is 0 Å². The Morgan fingerprint density at radius 1 is 1.30 bits per heavy atom. The zero-order valence-electron chi connectivity index (χ0n) is 23.5. The summed E-state index contributed by atoms with van der Waals surface area (Å²) in [4.78, 5) is 42.5. The third-order valence-electron chi connectivity index (χ3n) is 7.13. The number of aromatic nitrogens is 3. The Labute approximate surface area is 245 Å². The Morgan fingerprint density at radius 3 is 2.60 bits per heavy atom. The fourth-order valence-corrected chi connectivity index (χ4v) is 6.40. The van der Waals surface area contributed by atoms with E-state index in [-0.39, 0.29) is 17.7 Å². The van der Waals surface area contributed by atoms with Crippen LogP contribution in [0, 0.1) is 10.1 Å². The maximum absolute atomic E-state index is 15.0. The van der Waals surface area contributed by atoms with Gasteiger partial charge in [-0.2, -0.15) is 4.98 Å². The van der Waals surface area contributed by atoms with Gasteiger partial charge in [-0.1, -0.05) is 6.42 Å². The SMILES string of the molecule is CC(OP(=O)(N[C@@H](C)C(=O)OC1CCCCC1)OCC1OC(n2cnc(N)nc2=O)C(F)C1O)c1ccc([N+](=O)[O-])cc1. The number of non-ortho nitro benzene ring substituents is 1. The molecule has 0 amide bonds. The number of benzene rings is 1. The molecule has 0 radical (unpaired) electrons. The second-order valence-electron chi connectivity index (χ2n) is 10.3. The molecule has 4 rings (SSSR count). The number of hydrogen-bond donors (Lipinski definition) is 3. The first-order chi connectivity index (χ1) is 20.4. The minimum absolute atomic E-state index is 0.166. The van der Waals surface area contributed by atoms with Gasteiger partial charge < -0.3 is 20.3 Å². The molecule has 1 aliphatic carbocycles. The Bertz CT molecular complexity index is 1390. The number of halogens is 1. The lowest BCUT2D eigenvalue weighted by atomic mass is 9.98. The van der Waals surface area contributed by atoms with E-state index in [1.165, 1.54) is 38.1 Å². The van der Waals surface area contributed by atoms with Crippen LogP contribution in [-0.4, -0.2) is 67.7 Å². The van der Waals surface area contributed by atoms with E-state index < -0.39 is 67.7 Å². The molecule has 1 aromatic heterocycles. The zero-order chi connectivity index (χ0) is 31.3. The molecule has 18 heteroatoms. The molecule has 0 bridgehead atoms. The van der Waals surface area contributed by atoms with Gasteiger partial charge in [-0.25, -0.2) is 23.8 Å². The molecule has 2 aliphatic rings. The van der Waals surface area contributed by atoms with Gasteiger partial charge in [-0.15, -0.1) is 0 Å². The van der Waals surface area contributed by atoms with Gasteiger partial charge in [0.2, 0.25) is 5.95 Å². The summed E-state index contributed by atoms with van der Waals surface area (Å²) in [5.74, 6) is -1.02. The minimum Gasteiger partial charge on any atom is -0.461 e. The number of ether oxygens (including phenoxy) is 2. The lowest BCUT2D eigenvalue weighted by molar-refractivity contribution is -0.384. The number of nitrogens with two attached hydrogens (primary N) is 1. The van der Waals surface area contributed by atoms with Crippen molar-refractivity contribution in [1.82, 2.24) is 19.6 Å². The molecule has 6 unspecified atom stereocenters. The monoisotopic (exact) mass is 628 g/mol. The first kappa shape index (κ1) is 32.6. The summed E-state index contributed by atoms with van der Waals surface area (Å²) < 4.78 is 52.0. The van der Waals surface area contributed by atoms with E-state index in [0.717, 1.165) is 25.6 Å². The maximum Gasteiger partial charge on any atom is 0.406 e. The lowest BCUT2D eigenvalue weighted by Crippen LogP contribution is -2.38. The Balaban J connectivity index is 1.49. The Hall–Kier alpha value is -3.34. The van der Waals surface area contributed by atoms with Crippen LogP contribution in [0.3, 0.4) is 0 Å². The molecular formula is C25H34FN6O10P. The summed E-state index contributed by atoms with van der Waals surface area (Å²) in [5.41, 5.74) is 4.64. The molecule has 43 heavy (non-hydrogen) atoms. The molecule has 1 aliphatic heterocycles. The lowest BCUT2D eigenvalue weighted by Gasteiger charge is -2.28. The van der Waals surface area contributed by atoms with Crippen LogP contribution in [0.2, 0.25) is 0 Å².